The van der Waals surface area contributed by atoms with E-state index in [1.807, 2.05) is 31.3 Å². The minimum Gasteiger partial charge on any atom is -0.305 e. The van der Waals surface area contributed by atoms with Gasteiger partial charge in [0.15, 0.2) is 0 Å². The molecule has 1 heterocycles. The van der Waals surface area contributed by atoms with Crippen molar-refractivity contribution in [3.05, 3.63) is 95.3 Å². The van der Waals surface area contributed by atoms with Crippen molar-refractivity contribution >= 4 is 26.7 Å². The van der Waals surface area contributed by atoms with Crippen LogP contribution in [0.1, 0.15) is 61.8 Å². The van der Waals surface area contributed by atoms with E-state index in [4.69, 9.17) is 0 Å². The second-order valence-electron chi connectivity index (χ2n) is 11.0. The first kappa shape index (κ1) is 28.5. The van der Waals surface area contributed by atoms with Crippen molar-refractivity contribution in [2.45, 2.75) is 57.4 Å². The third-order valence-electron chi connectivity index (χ3n) is 6.85. The average molecular weight is 544 g/mol. The van der Waals surface area contributed by atoms with E-state index in [1.54, 1.807) is 30.5 Å². The average Bonchev–Trinajstić information content (AvgIpc) is 2.87. The van der Waals surface area contributed by atoms with Crippen LogP contribution in [0, 0.1) is 0 Å². The highest BCUT2D eigenvalue weighted by Crippen LogP contribution is 2.35. The fourth-order valence-electron chi connectivity index (χ4n) is 4.93. The Morgan fingerprint density at radius 2 is 1.49 bits per heavy atom. The summed E-state index contributed by atoms with van der Waals surface area (Å²) in [6.07, 6.45) is 3.64. The van der Waals surface area contributed by atoms with Crippen molar-refractivity contribution in [1.29, 1.82) is 0 Å². The molecule has 39 heavy (non-hydrogen) atoms. The molecule has 0 radical (unpaired) electrons. The van der Waals surface area contributed by atoms with Gasteiger partial charge in [-0.3, -0.25) is 9.78 Å². The summed E-state index contributed by atoms with van der Waals surface area (Å²) in [4.78, 5) is 19.5. The maximum atomic E-state index is 13.2. The Labute approximate surface area is 232 Å². The van der Waals surface area contributed by atoms with Crippen LogP contribution in [0.3, 0.4) is 0 Å². The summed E-state index contributed by atoms with van der Waals surface area (Å²) in [5.74, 6) is -0.248. The van der Waals surface area contributed by atoms with E-state index in [0.717, 1.165) is 44.2 Å². The van der Waals surface area contributed by atoms with E-state index in [0.29, 0.717) is 6.54 Å². The van der Waals surface area contributed by atoms with E-state index in [-0.39, 0.29) is 23.2 Å². The third kappa shape index (κ3) is 6.72. The number of pyridine rings is 1. The molecule has 0 aliphatic heterocycles. The zero-order valence-corrected chi connectivity index (χ0v) is 24.3. The van der Waals surface area contributed by atoms with Gasteiger partial charge in [0.25, 0.3) is 10.0 Å². The van der Waals surface area contributed by atoms with Gasteiger partial charge in [-0.2, -0.15) is 0 Å². The number of nitrogens with zero attached hydrogens (tertiary/aromatic N) is 2. The number of aromatic nitrogens is 1. The highest BCUT2D eigenvalue weighted by atomic mass is 32.2. The number of benzene rings is 3. The van der Waals surface area contributed by atoms with Crippen LogP contribution in [0.4, 0.5) is 0 Å². The smallest absolute Gasteiger partial charge is 0.264 e. The van der Waals surface area contributed by atoms with Gasteiger partial charge in [0.05, 0.1) is 11.3 Å². The largest absolute Gasteiger partial charge is 0.305 e. The summed E-state index contributed by atoms with van der Waals surface area (Å²) in [7, 11) is -0.0782. The molecule has 0 fully saturated rings. The monoisotopic (exact) mass is 543 g/mol. The van der Waals surface area contributed by atoms with E-state index in [1.165, 1.54) is 0 Å². The summed E-state index contributed by atoms with van der Waals surface area (Å²) in [5.41, 5.74) is 6.13. The van der Waals surface area contributed by atoms with Crippen LogP contribution in [-0.4, -0.2) is 38.3 Å². The van der Waals surface area contributed by atoms with Gasteiger partial charge in [0, 0.05) is 24.3 Å². The highest BCUT2D eigenvalue weighted by molar-refractivity contribution is 7.90. The van der Waals surface area contributed by atoms with Crippen LogP contribution in [-0.2, 0) is 27.8 Å². The van der Waals surface area contributed by atoms with E-state index >= 15 is 0 Å². The molecule has 1 N–H and O–H groups in total. The molecule has 0 atom stereocenters. The summed E-state index contributed by atoms with van der Waals surface area (Å²) in [5, 5.41) is 2.19. The molecule has 3 aromatic carbocycles. The van der Waals surface area contributed by atoms with Crippen LogP contribution in [0.25, 0.3) is 21.9 Å². The lowest BCUT2D eigenvalue weighted by molar-refractivity contribution is -0.118. The lowest BCUT2D eigenvalue weighted by Gasteiger charge is -2.22. The topological polar surface area (TPSA) is 79.4 Å². The van der Waals surface area contributed by atoms with Crippen LogP contribution < -0.4 is 4.72 Å². The zero-order chi connectivity index (χ0) is 28.3. The molecule has 0 bridgehead atoms. The predicted molar refractivity (Wildman–Crippen MR) is 158 cm³/mol. The Morgan fingerprint density at radius 1 is 0.846 bits per heavy atom. The normalized spacial score (nSPS) is 12.0. The number of amides is 1. The fourth-order valence-corrected chi connectivity index (χ4v) is 5.91. The van der Waals surface area contributed by atoms with Gasteiger partial charge < -0.3 is 4.90 Å². The van der Waals surface area contributed by atoms with Crippen LogP contribution >= 0.6 is 0 Å². The zero-order valence-electron chi connectivity index (χ0n) is 23.5. The molecule has 4 aromatic rings. The molecular formula is C32H37N3O3S. The number of carbonyl (C=O) groups excluding carboxylic acids is 1. The van der Waals surface area contributed by atoms with Crippen molar-refractivity contribution in [1.82, 2.24) is 14.6 Å². The van der Waals surface area contributed by atoms with Crippen molar-refractivity contribution in [2.24, 2.45) is 0 Å². The van der Waals surface area contributed by atoms with Crippen LogP contribution in [0.2, 0.25) is 0 Å². The van der Waals surface area contributed by atoms with Gasteiger partial charge in [-0.25, -0.2) is 13.1 Å². The Balaban J connectivity index is 1.65. The molecule has 1 amide bonds. The first-order valence-corrected chi connectivity index (χ1v) is 14.7. The summed E-state index contributed by atoms with van der Waals surface area (Å²) in [6.45, 7) is 9.10. The highest BCUT2D eigenvalue weighted by Gasteiger charge is 2.23. The number of rotatable bonds is 9. The fraction of sp³-hybridized carbons (Fsp3) is 0.312. The van der Waals surface area contributed by atoms with Gasteiger partial charge in [0.1, 0.15) is 0 Å². The number of hydrogen-bond donors (Lipinski definition) is 1. The summed E-state index contributed by atoms with van der Waals surface area (Å²) < 4.78 is 28.3. The molecule has 0 saturated heterocycles. The quantitative estimate of drug-likeness (QED) is 0.270. The number of carbonyl (C=O) groups is 1. The molecule has 6 nitrogen and oxygen atoms in total. The van der Waals surface area contributed by atoms with E-state index in [2.05, 4.69) is 67.7 Å². The van der Waals surface area contributed by atoms with Gasteiger partial charge in [-0.1, -0.05) is 64.1 Å². The predicted octanol–water partition coefficient (Wildman–Crippen LogP) is 6.26. The molecule has 0 aliphatic carbocycles. The Morgan fingerprint density at radius 3 is 2.08 bits per heavy atom. The van der Waals surface area contributed by atoms with Crippen molar-refractivity contribution in [3.63, 3.8) is 0 Å². The van der Waals surface area contributed by atoms with E-state index in [9.17, 15) is 13.2 Å². The maximum absolute atomic E-state index is 13.2. The van der Waals surface area contributed by atoms with Crippen molar-refractivity contribution < 1.29 is 13.2 Å². The molecule has 7 heteroatoms. The van der Waals surface area contributed by atoms with Crippen molar-refractivity contribution in [3.8, 4) is 11.1 Å². The summed E-state index contributed by atoms with van der Waals surface area (Å²) in [6, 6.07) is 19.2. The van der Waals surface area contributed by atoms with Gasteiger partial charge >= 0.3 is 0 Å². The molecule has 4 rings (SSSR count). The van der Waals surface area contributed by atoms with Gasteiger partial charge in [-0.15, -0.1) is 0 Å². The van der Waals surface area contributed by atoms with Gasteiger partial charge in [-0.05, 0) is 89.0 Å². The number of fused-ring (bicyclic) bond motifs is 1. The van der Waals surface area contributed by atoms with Crippen LogP contribution in [0.5, 0.6) is 0 Å². The standard InChI is InChI=1S/C32H37N3O3S/c1-21(2)29-16-26(25-10-9-24-13-14-33-19-27(24)15-25)17-30(22(3)4)31(29)18-32(36)34-39(37,38)28-11-7-23(8-12-28)20-35(5)6/h7-17,19,21-22H,18,20H2,1-6H3,(H,34,36). The molecule has 0 aliphatic rings. The van der Waals surface area contributed by atoms with Gasteiger partial charge in [0.2, 0.25) is 5.91 Å². The second kappa shape index (κ2) is 11.7. The lowest BCUT2D eigenvalue weighted by atomic mass is 9.84. The maximum Gasteiger partial charge on any atom is 0.264 e. The summed E-state index contributed by atoms with van der Waals surface area (Å²) >= 11 is 0. The molecule has 0 saturated carbocycles. The first-order chi connectivity index (χ1) is 18.4. The second-order valence-corrected chi connectivity index (χ2v) is 12.6. The Hall–Kier alpha value is -3.55. The number of hydrogen-bond acceptors (Lipinski definition) is 5. The lowest BCUT2D eigenvalue weighted by Crippen LogP contribution is -2.32. The van der Waals surface area contributed by atoms with Crippen molar-refractivity contribution in [2.75, 3.05) is 14.1 Å². The first-order valence-electron chi connectivity index (χ1n) is 13.2. The molecule has 204 valence electrons. The molecule has 1 aromatic heterocycles. The molecule has 0 spiro atoms. The SMILES string of the molecule is CC(C)c1cc(-c2ccc3ccncc3c2)cc(C(C)C)c1CC(=O)NS(=O)(=O)c1ccc(CN(C)C)cc1. The Kier molecular flexibility index (Phi) is 8.52. The minimum absolute atomic E-state index is 0.0130. The van der Waals surface area contributed by atoms with E-state index < -0.39 is 15.9 Å². The Bertz CT molecular complexity index is 1560. The van der Waals surface area contributed by atoms with Crippen LogP contribution in [0.15, 0.2) is 78.0 Å². The number of nitrogens with one attached hydrogen (secondary N) is 1. The number of sulfonamides is 1. The molecule has 0 unspecified atom stereocenters. The minimum atomic E-state index is -3.98. The third-order valence-corrected chi connectivity index (χ3v) is 8.24. The molecular weight excluding hydrogens is 506 g/mol.